The molecule has 1 aliphatic carbocycles. The van der Waals surface area contributed by atoms with Crippen LogP contribution in [0.1, 0.15) is 46.0 Å². The third-order valence-corrected chi connectivity index (χ3v) is 5.07. The molecule has 2 aliphatic rings. The number of likely N-dealkylation sites (N-methyl/N-ethyl adjacent to an activating group) is 1. The summed E-state index contributed by atoms with van der Waals surface area (Å²) in [5.41, 5.74) is 0.414. The Hall–Kier alpha value is -0.120. The van der Waals surface area contributed by atoms with Crippen LogP contribution >= 0.6 is 0 Å². The van der Waals surface area contributed by atoms with Crippen LogP contribution in [0.4, 0.5) is 0 Å². The Morgan fingerprint density at radius 1 is 1.22 bits per heavy atom. The van der Waals surface area contributed by atoms with Crippen molar-refractivity contribution in [3.8, 4) is 0 Å². The van der Waals surface area contributed by atoms with E-state index < -0.39 is 0 Å². The average Bonchev–Trinajstić information content (AvgIpc) is 2.37. The molecule has 1 saturated heterocycles. The summed E-state index contributed by atoms with van der Waals surface area (Å²) in [4.78, 5) is 2.68. The minimum absolute atomic E-state index is 0.414. The first-order valence-corrected chi connectivity index (χ1v) is 7.52. The van der Waals surface area contributed by atoms with Crippen molar-refractivity contribution in [1.82, 2.24) is 10.2 Å². The van der Waals surface area contributed by atoms with Crippen molar-refractivity contribution in [3.63, 3.8) is 0 Å². The molecule has 106 valence electrons. The molecule has 1 heterocycles. The summed E-state index contributed by atoms with van der Waals surface area (Å²) in [6.07, 6.45) is 7.01. The molecule has 3 heteroatoms. The number of hydrogen-bond acceptors (Lipinski definition) is 3. The van der Waals surface area contributed by atoms with E-state index in [1.807, 2.05) is 7.11 Å². The van der Waals surface area contributed by atoms with Gasteiger partial charge < -0.3 is 10.1 Å². The maximum atomic E-state index is 5.57. The van der Waals surface area contributed by atoms with E-state index in [0.717, 1.165) is 6.54 Å². The fourth-order valence-electron chi connectivity index (χ4n) is 4.05. The molecular formula is C15H30N2O. The van der Waals surface area contributed by atoms with Crippen molar-refractivity contribution in [2.45, 2.75) is 64.1 Å². The molecule has 0 amide bonds. The molecule has 3 nitrogen and oxygen atoms in total. The Morgan fingerprint density at radius 3 is 2.67 bits per heavy atom. The molecule has 3 atom stereocenters. The van der Waals surface area contributed by atoms with E-state index in [4.69, 9.17) is 4.74 Å². The van der Waals surface area contributed by atoms with Gasteiger partial charge in [0.2, 0.25) is 0 Å². The normalized spacial score (nSPS) is 37.7. The van der Waals surface area contributed by atoms with Crippen LogP contribution < -0.4 is 5.32 Å². The Morgan fingerprint density at radius 2 is 2.00 bits per heavy atom. The summed E-state index contributed by atoms with van der Waals surface area (Å²) in [5.74, 6) is 0. The second kappa shape index (κ2) is 5.89. The Labute approximate surface area is 112 Å². The first kappa shape index (κ1) is 14.3. The van der Waals surface area contributed by atoms with Gasteiger partial charge in [0, 0.05) is 25.7 Å². The summed E-state index contributed by atoms with van der Waals surface area (Å²) in [6, 6.07) is 1.30. The summed E-state index contributed by atoms with van der Waals surface area (Å²) >= 11 is 0. The van der Waals surface area contributed by atoms with Gasteiger partial charge in [-0.2, -0.15) is 0 Å². The van der Waals surface area contributed by atoms with E-state index in [-0.39, 0.29) is 0 Å². The van der Waals surface area contributed by atoms with Gasteiger partial charge in [-0.15, -0.1) is 0 Å². The van der Waals surface area contributed by atoms with Crippen LogP contribution in [-0.2, 0) is 4.74 Å². The fraction of sp³-hybridized carbons (Fsp3) is 1.00. The van der Waals surface area contributed by atoms with Gasteiger partial charge in [0.25, 0.3) is 0 Å². The lowest BCUT2D eigenvalue weighted by Crippen LogP contribution is -2.60. The maximum Gasteiger partial charge on any atom is 0.0698 e. The Bertz CT molecular complexity index is 267. The van der Waals surface area contributed by atoms with Gasteiger partial charge in [-0.1, -0.05) is 20.3 Å². The van der Waals surface area contributed by atoms with Crippen molar-refractivity contribution in [3.05, 3.63) is 0 Å². The molecular weight excluding hydrogens is 224 g/mol. The van der Waals surface area contributed by atoms with Crippen LogP contribution in [0.3, 0.4) is 0 Å². The predicted molar refractivity (Wildman–Crippen MR) is 75.9 cm³/mol. The molecule has 1 aliphatic heterocycles. The second-order valence-corrected chi connectivity index (χ2v) is 6.71. The summed E-state index contributed by atoms with van der Waals surface area (Å²) in [5, 5.41) is 3.59. The standard InChI is InChI=1S/C15H30N2O/c1-15(2)9-5-8-13(14(15)16-3)17-10-6-7-12(11-17)18-4/h12-14,16H,5-11H2,1-4H3. The zero-order valence-corrected chi connectivity index (χ0v) is 12.5. The van der Waals surface area contributed by atoms with E-state index in [1.165, 1.54) is 38.6 Å². The van der Waals surface area contributed by atoms with Gasteiger partial charge in [0.05, 0.1) is 6.10 Å². The number of piperidine rings is 1. The zero-order valence-electron chi connectivity index (χ0n) is 12.5. The Balaban J connectivity index is 2.05. The van der Waals surface area contributed by atoms with E-state index in [9.17, 15) is 0 Å². The number of hydrogen-bond donors (Lipinski definition) is 1. The zero-order chi connectivity index (χ0) is 13.2. The predicted octanol–water partition coefficient (Wildman–Crippen LogP) is 2.26. The number of ether oxygens (including phenoxy) is 1. The maximum absolute atomic E-state index is 5.57. The first-order valence-electron chi connectivity index (χ1n) is 7.52. The highest BCUT2D eigenvalue weighted by Gasteiger charge is 2.41. The molecule has 0 radical (unpaired) electrons. The molecule has 1 saturated carbocycles. The molecule has 0 aromatic carbocycles. The fourth-order valence-corrected chi connectivity index (χ4v) is 4.05. The van der Waals surface area contributed by atoms with Gasteiger partial charge in [0.1, 0.15) is 0 Å². The van der Waals surface area contributed by atoms with Crippen LogP contribution in [0.2, 0.25) is 0 Å². The summed E-state index contributed by atoms with van der Waals surface area (Å²) in [7, 11) is 3.98. The molecule has 1 N–H and O–H groups in total. The highest BCUT2D eigenvalue weighted by molar-refractivity contribution is 4.98. The quantitative estimate of drug-likeness (QED) is 0.836. The van der Waals surface area contributed by atoms with E-state index >= 15 is 0 Å². The van der Waals surface area contributed by atoms with Crippen molar-refractivity contribution < 1.29 is 4.74 Å². The smallest absolute Gasteiger partial charge is 0.0698 e. The van der Waals surface area contributed by atoms with E-state index in [1.54, 1.807) is 0 Å². The minimum atomic E-state index is 0.414. The monoisotopic (exact) mass is 254 g/mol. The Kier molecular flexibility index (Phi) is 4.68. The lowest BCUT2D eigenvalue weighted by molar-refractivity contribution is -0.0184. The van der Waals surface area contributed by atoms with Crippen molar-refractivity contribution >= 4 is 0 Å². The molecule has 3 unspecified atom stereocenters. The van der Waals surface area contributed by atoms with E-state index in [0.29, 0.717) is 23.6 Å². The van der Waals surface area contributed by atoms with Crippen molar-refractivity contribution in [2.24, 2.45) is 5.41 Å². The van der Waals surface area contributed by atoms with Crippen LogP contribution in [-0.4, -0.2) is 50.3 Å². The largest absolute Gasteiger partial charge is 0.380 e. The number of nitrogens with one attached hydrogen (secondary N) is 1. The van der Waals surface area contributed by atoms with Crippen LogP contribution in [0, 0.1) is 5.41 Å². The number of nitrogens with zero attached hydrogens (tertiary/aromatic N) is 1. The summed E-state index contributed by atoms with van der Waals surface area (Å²) in [6.45, 7) is 7.20. The van der Waals surface area contributed by atoms with Gasteiger partial charge in [-0.05, 0) is 44.7 Å². The molecule has 2 fully saturated rings. The van der Waals surface area contributed by atoms with Crippen LogP contribution in [0.15, 0.2) is 0 Å². The first-order chi connectivity index (χ1) is 8.58. The second-order valence-electron chi connectivity index (χ2n) is 6.71. The van der Waals surface area contributed by atoms with Gasteiger partial charge in [0.15, 0.2) is 0 Å². The number of methoxy groups -OCH3 is 1. The average molecular weight is 254 g/mol. The topological polar surface area (TPSA) is 24.5 Å². The highest BCUT2D eigenvalue weighted by Crippen LogP contribution is 2.38. The van der Waals surface area contributed by atoms with Crippen LogP contribution in [0.25, 0.3) is 0 Å². The molecule has 2 rings (SSSR count). The van der Waals surface area contributed by atoms with Crippen molar-refractivity contribution in [1.29, 1.82) is 0 Å². The summed E-state index contributed by atoms with van der Waals surface area (Å²) < 4.78 is 5.57. The highest BCUT2D eigenvalue weighted by atomic mass is 16.5. The van der Waals surface area contributed by atoms with Gasteiger partial charge >= 0.3 is 0 Å². The SMILES string of the molecule is CNC1C(N2CCCC(OC)C2)CCCC1(C)C. The van der Waals surface area contributed by atoms with Gasteiger partial charge in [-0.3, -0.25) is 4.90 Å². The lowest BCUT2D eigenvalue weighted by Gasteiger charge is -2.50. The lowest BCUT2D eigenvalue weighted by atomic mass is 9.70. The molecule has 0 aromatic heterocycles. The third kappa shape index (κ3) is 2.89. The van der Waals surface area contributed by atoms with Gasteiger partial charge in [-0.25, -0.2) is 0 Å². The third-order valence-electron chi connectivity index (χ3n) is 5.07. The molecule has 0 aromatic rings. The van der Waals surface area contributed by atoms with Crippen molar-refractivity contribution in [2.75, 3.05) is 27.2 Å². The van der Waals surface area contributed by atoms with E-state index in [2.05, 4.69) is 31.1 Å². The minimum Gasteiger partial charge on any atom is -0.380 e. The molecule has 0 bridgehead atoms. The number of rotatable bonds is 3. The molecule has 18 heavy (non-hydrogen) atoms. The number of likely N-dealkylation sites (tertiary alicyclic amines) is 1. The van der Waals surface area contributed by atoms with Crippen LogP contribution in [0.5, 0.6) is 0 Å². The molecule has 0 spiro atoms.